The summed E-state index contributed by atoms with van der Waals surface area (Å²) in [5.74, 6) is -1.28. The Morgan fingerprint density at radius 1 is 0.882 bits per heavy atom. The first-order chi connectivity index (χ1) is 16.1. The van der Waals surface area contributed by atoms with Gasteiger partial charge in [0.25, 0.3) is 17.7 Å². The minimum absolute atomic E-state index is 0.1000. The number of benzene rings is 3. The van der Waals surface area contributed by atoms with Crippen molar-refractivity contribution < 1.29 is 22.8 Å². The molecular weight excluding hydrogens is 456 g/mol. The summed E-state index contributed by atoms with van der Waals surface area (Å²) in [6.45, 7) is 3.54. The van der Waals surface area contributed by atoms with Crippen molar-refractivity contribution in [3.05, 3.63) is 94.5 Å². The summed E-state index contributed by atoms with van der Waals surface area (Å²) in [6, 6.07) is 16.9. The predicted molar refractivity (Wildman–Crippen MR) is 126 cm³/mol. The number of carbonyl (C=O) groups excluding carboxylic acids is 3. The van der Waals surface area contributed by atoms with Gasteiger partial charge in [0.05, 0.1) is 27.4 Å². The summed E-state index contributed by atoms with van der Waals surface area (Å²) in [6.07, 6.45) is 0. The first-order valence-electron chi connectivity index (χ1n) is 10.1. The molecule has 3 aromatic rings. The smallest absolute Gasteiger partial charge is 0.268 e. The maximum absolute atomic E-state index is 12.8. The Balaban J connectivity index is 1.47. The van der Waals surface area contributed by atoms with E-state index < -0.39 is 15.9 Å². The minimum Gasteiger partial charge on any atom is -0.268 e. The van der Waals surface area contributed by atoms with Crippen molar-refractivity contribution in [1.82, 2.24) is 5.43 Å². The molecule has 1 heterocycles. The number of hydrogen-bond acceptors (Lipinski definition) is 6. The highest BCUT2D eigenvalue weighted by molar-refractivity contribution is 7.89. The Hall–Kier alpha value is -4.15. The molecule has 0 aliphatic carbocycles. The van der Waals surface area contributed by atoms with Crippen molar-refractivity contribution in [1.29, 1.82) is 0 Å². The van der Waals surface area contributed by atoms with E-state index in [4.69, 9.17) is 5.14 Å². The molecule has 0 atom stereocenters. The minimum atomic E-state index is -3.85. The molecule has 1 aliphatic rings. The van der Waals surface area contributed by atoms with E-state index >= 15 is 0 Å². The van der Waals surface area contributed by atoms with Gasteiger partial charge in [0.15, 0.2) is 0 Å². The molecule has 3 aromatic carbocycles. The summed E-state index contributed by atoms with van der Waals surface area (Å²) < 4.78 is 22.6. The molecule has 9 nitrogen and oxygen atoms in total. The number of imide groups is 1. The number of anilines is 1. The fourth-order valence-electron chi connectivity index (χ4n) is 3.50. The average Bonchev–Trinajstić information content (AvgIpc) is 3.06. The predicted octanol–water partition coefficient (Wildman–Crippen LogP) is 2.60. The molecule has 3 N–H and O–H groups in total. The number of nitrogens with zero attached hydrogens (tertiary/aromatic N) is 2. The summed E-state index contributed by atoms with van der Waals surface area (Å²) >= 11 is 0. The maximum Gasteiger partial charge on any atom is 0.271 e. The molecule has 0 saturated carbocycles. The molecule has 0 unspecified atom stereocenters. The number of fused-ring (bicyclic) bond motifs is 1. The first kappa shape index (κ1) is 23.0. The van der Waals surface area contributed by atoms with Gasteiger partial charge in [-0.15, -0.1) is 0 Å². The zero-order chi connectivity index (χ0) is 24.6. The van der Waals surface area contributed by atoms with Crippen LogP contribution in [0.4, 0.5) is 5.69 Å². The highest BCUT2D eigenvalue weighted by Crippen LogP contribution is 2.29. The molecule has 0 bridgehead atoms. The van der Waals surface area contributed by atoms with Gasteiger partial charge in [-0.3, -0.25) is 14.4 Å². The molecule has 34 heavy (non-hydrogen) atoms. The Morgan fingerprint density at radius 2 is 1.47 bits per heavy atom. The fraction of sp³-hybridized carbons (Fsp3) is 0.0833. The lowest BCUT2D eigenvalue weighted by Crippen LogP contribution is -2.29. The third-order valence-corrected chi connectivity index (χ3v) is 6.28. The van der Waals surface area contributed by atoms with E-state index in [2.05, 4.69) is 10.5 Å². The zero-order valence-electron chi connectivity index (χ0n) is 18.3. The van der Waals surface area contributed by atoms with Crippen molar-refractivity contribution in [2.75, 3.05) is 4.90 Å². The van der Waals surface area contributed by atoms with Crippen LogP contribution in [0.5, 0.6) is 0 Å². The summed E-state index contributed by atoms with van der Waals surface area (Å²) in [7, 11) is -3.85. The van der Waals surface area contributed by atoms with Crippen molar-refractivity contribution in [3.8, 4) is 0 Å². The quantitative estimate of drug-likeness (QED) is 0.331. The van der Waals surface area contributed by atoms with E-state index in [-0.39, 0.29) is 22.3 Å². The van der Waals surface area contributed by atoms with Gasteiger partial charge in [-0.05, 0) is 67.9 Å². The number of primary sulfonamides is 1. The molecule has 3 amide bonds. The summed E-state index contributed by atoms with van der Waals surface area (Å²) in [4.78, 5) is 38.8. The molecule has 4 rings (SSSR count). The van der Waals surface area contributed by atoms with Crippen LogP contribution in [-0.4, -0.2) is 31.9 Å². The molecule has 0 saturated heterocycles. The molecule has 172 valence electrons. The number of aryl methyl sites for hydroxylation is 1. The van der Waals surface area contributed by atoms with Gasteiger partial charge >= 0.3 is 0 Å². The van der Waals surface area contributed by atoms with Crippen molar-refractivity contribution in [3.63, 3.8) is 0 Å². The van der Waals surface area contributed by atoms with Gasteiger partial charge in [-0.2, -0.15) is 5.10 Å². The van der Waals surface area contributed by atoms with Crippen LogP contribution in [0.3, 0.4) is 0 Å². The maximum atomic E-state index is 12.8. The molecule has 1 aliphatic heterocycles. The number of hydrogen-bond donors (Lipinski definition) is 2. The monoisotopic (exact) mass is 476 g/mol. The summed E-state index contributed by atoms with van der Waals surface area (Å²) in [5, 5.41) is 9.12. The van der Waals surface area contributed by atoms with E-state index in [0.29, 0.717) is 28.1 Å². The molecule has 0 fully saturated rings. The molecule has 0 aromatic heterocycles. The standard InChI is InChI=1S/C24H20N4O5S/c1-14-3-12-20-21(13-14)24(31)28(23(20)30)18-8-4-16(5-9-18)15(2)26-27-22(29)17-6-10-19(11-7-17)34(25,32)33/h3-13H,1-2H3,(H,27,29)(H2,25,32,33)/b26-15+. The van der Waals surface area contributed by atoms with E-state index in [1.54, 1.807) is 49.4 Å². The lowest BCUT2D eigenvalue weighted by Gasteiger charge is -2.14. The van der Waals surface area contributed by atoms with Crippen LogP contribution in [0, 0.1) is 6.92 Å². The Bertz CT molecular complexity index is 1460. The van der Waals surface area contributed by atoms with Gasteiger partial charge in [0.2, 0.25) is 10.0 Å². The molecule has 0 radical (unpaired) electrons. The van der Waals surface area contributed by atoms with Crippen molar-refractivity contribution in [2.45, 2.75) is 18.7 Å². The number of amides is 3. The van der Waals surface area contributed by atoms with E-state index in [1.807, 2.05) is 6.92 Å². The number of nitrogens with one attached hydrogen (secondary N) is 1. The normalized spacial score (nSPS) is 13.7. The third-order valence-electron chi connectivity index (χ3n) is 5.36. The van der Waals surface area contributed by atoms with E-state index in [9.17, 15) is 22.8 Å². The van der Waals surface area contributed by atoms with Crippen LogP contribution >= 0.6 is 0 Å². The lowest BCUT2D eigenvalue weighted by atomic mass is 10.1. The average molecular weight is 477 g/mol. The van der Waals surface area contributed by atoms with Gasteiger partial charge in [-0.1, -0.05) is 23.8 Å². The third kappa shape index (κ3) is 4.36. The highest BCUT2D eigenvalue weighted by atomic mass is 32.2. The van der Waals surface area contributed by atoms with E-state index in [0.717, 1.165) is 10.5 Å². The lowest BCUT2D eigenvalue weighted by molar-refractivity contribution is 0.0922. The second-order valence-corrected chi connectivity index (χ2v) is 9.31. The highest BCUT2D eigenvalue weighted by Gasteiger charge is 2.36. The van der Waals surface area contributed by atoms with Gasteiger partial charge in [0, 0.05) is 5.56 Å². The van der Waals surface area contributed by atoms with E-state index in [1.165, 1.54) is 24.3 Å². The largest absolute Gasteiger partial charge is 0.271 e. The Kier molecular flexibility index (Phi) is 5.86. The van der Waals surface area contributed by atoms with Gasteiger partial charge in [0.1, 0.15) is 0 Å². The Labute approximate surface area is 195 Å². The number of hydrazone groups is 1. The van der Waals surface area contributed by atoms with Crippen LogP contribution in [0.2, 0.25) is 0 Å². The summed E-state index contributed by atoms with van der Waals surface area (Å²) in [5.41, 5.74) is 5.85. The van der Waals surface area contributed by atoms with Gasteiger partial charge in [-0.25, -0.2) is 23.9 Å². The van der Waals surface area contributed by atoms with Crippen LogP contribution < -0.4 is 15.5 Å². The van der Waals surface area contributed by atoms with Crippen LogP contribution in [0.1, 0.15) is 49.1 Å². The topological polar surface area (TPSA) is 139 Å². The van der Waals surface area contributed by atoms with Crippen LogP contribution in [0.15, 0.2) is 76.7 Å². The number of carbonyl (C=O) groups is 3. The SMILES string of the molecule is C/C(=N\NC(=O)c1ccc(S(N)(=O)=O)cc1)c1ccc(N2C(=O)c3ccc(C)cc3C2=O)cc1. The van der Waals surface area contributed by atoms with Gasteiger partial charge < -0.3 is 0 Å². The fourth-order valence-corrected chi connectivity index (χ4v) is 4.02. The molecular formula is C24H20N4O5S. The second-order valence-electron chi connectivity index (χ2n) is 7.75. The zero-order valence-corrected chi connectivity index (χ0v) is 19.1. The van der Waals surface area contributed by atoms with Crippen molar-refractivity contribution >= 4 is 39.1 Å². The van der Waals surface area contributed by atoms with Crippen molar-refractivity contribution in [2.24, 2.45) is 10.2 Å². The number of sulfonamides is 1. The second kappa shape index (κ2) is 8.65. The van der Waals surface area contributed by atoms with Crippen LogP contribution in [-0.2, 0) is 10.0 Å². The molecule has 0 spiro atoms. The Morgan fingerprint density at radius 3 is 2.09 bits per heavy atom. The van der Waals surface area contributed by atoms with Crippen LogP contribution in [0.25, 0.3) is 0 Å². The number of rotatable bonds is 5. The first-order valence-corrected chi connectivity index (χ1v) is 11.7. The number of nitrogens with two attached hydrogens (primary N) is 1. The molecule has 10 heteroatoms.